The number of carbonyl (C=O) groups excluding carboxylic acids is 6. The first kappa shape index (κ1) is 46.0. The Kier molecular flexibility index (Phi) is 16.4. The number of nitrogens with two attached hydrogens (primary N) is 1. The number of H-pyrrole nitrogens is 1. The number of fused-ring (bicyclic) bond motifs is 1. The molecule has 0 fully saturated rings. The van der Waals surface area contributed by atoms with Gasteiger partial charge in [0.05, 0.1) is 18.4 Å². The Morgan fingerprint density at radius 1 is 0.850 bits per heavy atom. The smallest absolute Gasteiger partial charge is 0.408 e. The molecule has 0 saturated carbocycles. The number of likely N-dealkylation sites (N-methyl/N-ethyl adjacent to an activating group) is 1. The number of carboxylic acids is 1. The van der Waals surface area contributed by atoms with E-state index in [0.29, 0.717) is 23.2 Å². The Labute approximate surface area is 349 Å². The number of ether oxygens (including phenoxy) is 1. The van der Waals surface area contributed by atoms with Crippen LogP contribution in [0.3, 0.4) is 0 Å². The van der Waals surface area contributed by atoms with Gasteiger partial charge in [-0.2, -0.15) is 0 Å². The van der Waals surface area contributed by atoms with Gasteiger partial charge in [0.2, 0.25) is 17.7 Å². The predicted octanol–water partition coefficient (Wildman–Crippen LogP) is 4.60. The van der Waals surface area contributed by atoms with Crippen LogP contribution in [0.4, 0.5) is 15.3 Å². The number of unbranched alkanes of at least 4 members (excludes halogenated alkanes) is 1. The number of para-hydroxylation sites is 2. The van der Waals surface area contributed by atoms with Gasteiger partial charge < -0.3 is 46.7 Å². The molecule has 320 valence electrons. The van der Waals surface area contributed by atoms with Gasteiger partial charge in [0.15, 0.2) is 5.78 Å². The lowest BCUT2D eigenvalue weighted by Crippen LogP contribution is -2.56. The number of aromatic nitrogens is 1. The van der Waals surface area contributed by atoms with Crippen LogP contribution >= 0.6 is 0 Å². The van der Waals surface area contributed by atoms with Crippen molar-refractivity contribution in [2.24, 2.45) is 11.7 Å². The van der Waals surface area contributed by atoms with Crippen molar-refractivity contribution < 1.29 is 43.4 Å². The summed E-state index contributed by atoms with van der Waals surface area (Å²) in [5, 5.41) is 21.3. The van der Waals surface area contributed by atoms with E-state index in [2.05, 4.69) is 26.3 Å². The molecular weight excluding hydrogens is 771 g/mol. The van der Waals surface area contributed by atoms with Crippen LogP contribution in [0, 0.1) is 12.8 Å². The third-order valence-corrected chi connectivity index (χ3v) is 9.80. The maximum absolute atomic E-state index is 14.7. The highest BCUT2D eigenvalue weighted by Crippen LogP contribution is 2.23. The molecule has 4 aromatic rings. The average molecular weight is 826 g/mol. The summed E-state index contributed by atoms with van der Waals surface area (Å²) in [5.41, 5.74) is 8.42. The zero-order valence-corrected chi connectivity index (χ0v) is 34.6. The van der Waals surface area contributed by atoms with Crippen molar-refractivity contribution in [1.29, 1.82) is 0 Å². The van der Waals surface area contributed by atoms with Gasteiger partial charge >= 0.3 is 18.1 Å². The van der Waals surface area contributed by atoms with E-state index in [1.807, 2.05) is 43.3 Å². The Hall–Kier alpha value is -6.71. The minimum absolute atomic E-state index is 0.0239. The number of alkyl carbamates (subject to hydrolysis) is 1. The fourth-order valence-corrected chi connectivity index (χ4v) is 6.71. The third kappa shape index (κ3) is 13.7. The van der Waals surface area contributed by atoms with E-state index in [9.17, 15) is 38.7 Å². The quantitative estimate of drug-likeness (QED) is 0.0486. The summed E-state index contributed by atoms with van der Waals surface area (Å²) in [6.45, 7) is 7.01. The first-order valence-electron chi connectivity index (χ1n) is 19.7. The molecule has 0 aliphatic heterocycles. The molecule has 6 amide bonds. The summed E-state index contributed by atoms with van der Waals surface area (Å²) in [4.78, 5) is 97.6. The van der Waals surface area contributed by atoms with Gasteiger partial charge in [0.25, 0.3) is 0 Å². The number of hydrogen-bond donors (Lipinski definition) is 7. The summed E-state index contributed by atoms with van der Waals surface area (Å²) in [6.07, 6.45) is 0.342. The number of nitrogens with one attached hydrogen (secondary N) is 5. The first-order chi connectivity index (χ1) is 28.4. The van der Waals surface area contributed by atoms with Gasteiger partial charge in [-0.05, 0) is 69.4 Å². The Morgan fingerprint density at radius 3 is 2.18 bits per heavy atom. The number of benzene rings is 3. The number of amides is 6. The van der Waals surface area contributed by atoms with Gasteiger partial charge in [0.1, 0.15) is 17.7 Å². The second-order valence-electron chi connectivity index (χ2n) is 15.6. The predicted molar refractivity (Wildman–Crippen MR) is 226 cm³/mol. The van der Waals surface area contributed by atoms with E-state index < -0.39 is 77.7 Å². The van der Waals surface area contributed by atoms with Crippen LogP contribution in [0.2, 0.25) is 0 Å². The van der Waals surface area contributed by atoms with E-state index in [-0.39, 0.29) is 32.2 Å². The van der Waals surface area contributed by atoms with E-state index in [4.69, 9.17) is 10.5 Å². The zero-order chi connectivity index (χ0) is 44.0. The number of nitrogens with zero attached hydrogens (tertiary/aromatic N) is 1. The minimum Gasteiger partial charge on any atom is -0.481 e. The zero-order valence-electron chi connectivity index (χ0n) is 34.6. The molecule has 1 aromatic heterocycles. The molecule has 16 heteroatoms. The fraction of sp³-hybridized carbons (Fsp3) is 0.386. The lowest BCUT2D eigenvalue weighted by Gasteiger charge is -2.30. The average Bonchev–Trinajstić information content (AvgIpc) is 3.59. The van der Waals surface area contributed by atoms with Crippen LogP contribution in [0.15, 0.2) is 85.1 Å². The van der Waals surface area contributed by atoms with Crippen LogP contribution in [-0.4, -0.2) is 93.9 Å². The number of carbonyl (C=O) groups is 7. The van der Waals surface area contributed by atoms with Crippen molar-refractivity contribution in [3.8, 4) is 0 Å². The molecule has 1 heterocycles. The van der Waals surface area contributed by atoms with Crippen molar-refractivity contribution in [3.05, 3.63) is 102 Å². The molecule has 8 N–H and O–H groups in total. The van der Waals surface area contributed by atoms with Crippen LogP contribution in [-0.2, 0) is 41.6 Å². The summed E-state index contributed by atoms with van der Waals surface area (Å²) in [6, 6.07) is 18.7. The molecule has 0 bridgehead atoms. The Bertz CT molecular complexity index is 2150. The molecule has 0 aliphatic carbocycles. The molecule has 4 rings (SSSR count). The van der Waals surface area contributed by atoms with Gasteiger partial charge in [-0.15, -0.1) is 0 Å². The van der Waals surface area contributed by atoms with Crippen molar-refractivity contribution in [2.75, 3.05) is 18.9 Å². The van der Waals surface area contributed by atoms with Crippen molar-refractivity contribution >= 4 is 58.2 Å². The highest BCUT2D eigenvalue weighted by Gasteiger charge is 2.38. The molecule has 0 spiro atoms. The number of urea groups is 1. The lowest BCUT2D eigenvalue weighted by molar-refractivity contribution is -0.146. The molecule has 60 heavy (non-hydrogen) atoms. The number of carboxylic acid groups (broad SMARTS) is 1. The maximum Gasteiger partial charge on any atom is 0.408 e. The number of hydrogen-bond acceptors (Lipinski definition) is 8. The maximum atomic E-state index is 14.7. The summed E-state index contributed by atoms with van der Waals surface area (Å²) >= 11 is 0. The van der Waals surface area contributed by atoms with Gasteiger partial charge in [-0.1, -0.05) is 73.2 Å². The number of aliphatic carboxylic acids is 1. The minimum atomic E-state index is -1.70. The van der Waals surface area contributed by atoms with Gasteiger partial charge in [0, 0.05) is 49.2 Å². The number of anilines is 1. The topological polar surface area (TPSA) is 242 Å². The van der Waals surface area contributed by atoms with Crippen LogP contribution in [0.5, 0.6) is 0 Å². The standard InChI is InChI=1S/C44H55N7O9/c1-27-15-9-11-20-32(27)49-42(58)46-22-14-13-19-31(38(54)34(50-43(59)60-44(2,3)4)24-29-26-47-33-21-12-10-18-30(29)33)40(56)48-35(25-37(52)53)41(57)51(5)36(39(45)55)23-28-16-7-6-8-17-28/h6-12,15-18,20-21,26,31,34-36,47H,13-14,19,22-25H2,1-5H3,(H2,45,55)(H,48,56)(H,50,59)(H,52,53)(H2,46,49,58)/t31-,34+,35+,36+/m1/s1. The van der Waals surface area contributed by atoms with E-state index in [0.717, 1.165) is 21.4 Å². The highest BCUT2D eigenvalue weighted by atomic mass is 16.6. The number of ketones is 1. The summed E-state index contributed by atoms with van der Waals surface area (Å²) < 4.78 is 5.49. The third-order valence-electron chi connectivity index (χ3n) is 9.80. The second-order valence-corrected chi connectivity index (χ2v) is 15.6. The number of aromatic amines is 1. The molecule has 4 atom stereocenters. The van der Waals surface area contributed by atoms with Gasteiger partial charge in [-0.3, -0.25) is 24.0 Å². The normalized spacial score (nSPS) is 13.2. The summed E-state index contributed by atoms with van der Waals surface area (Å²) in [7, 11) is 1.29. The Morgan fingerprint density at radius 2 is 1.52 bits per heavy atom. The molecule has 3 aromatic carbocycles. The molecule has 0 saturated heterocycles. The number of aryl methyl sites for hydroxylation is 1. The Balaban J connectivity index is 1.61. The van der Waals surface area contributed by atoms with Crippen LogP contribution < -0.4 is 27.0 Å². The van der Waals surface area contributed by atoms with E-state index >= 15 is 0 Å². The highest BCUT2D eigenvalue weighted by molar-refractivity contribution is 6.06. The van der Waals surface area contributed by atoms with Crippen molar-refractivity contribution in [3.63, 3.8) is 0 Å². The molecule has 0 radical (unpaired) electrons. The second kappa shape index (κ2) is 21.3. The van der Waals surface area contributed by atoms with Crippen molar-refractivity contribution in [1.82, 2.24) is 25.8 Å². The van der Waals surface area contributed by atoms with Crippen LogP contribution in [0.1, 0.15) is 63.1 Å². The van der Waals surface area contributed by atoms with Crippen molar-refractivity contribution in [2.45, 2.75) is 89.9 Å². The monoisotopic (exact) mass is 825 g/mol. The van der Waals surface area contributed by atoms with Crippen LogP contribution in [0.25, 0.3) is 10.9 Å². The number of Topliss-reactive ketones (excluding diaryl/α,β-unsaturated/α-hetero) is 1. The lowest BCUT2D eigenvalue weighted by atomic mass is 9.88. The van der Waals surface area contributed by atoms with E-state index in [1.54, 1.807) is 69.4 Å². The number of primary amides is 1. The summed E-state index contributed by atoms with van der Waals surface area (Å²) in [5.74, 6) is -6.39. The largest absolute Gasteiger partial charge is 0.481 e. The fourth-order valence-electron chi connectivity index (χ4n) is 6.71. The first-order valence-corrected chi connectivity index (χ1v) is 19.7. The SMILES string of the molecule is Cc1ccccc1NC(=O)NCCCC[C@@H](C(=O)N[C@@H](CC(=O)O)C(=O)N(C)[C@@H](Cc1ccccc1)C(N)=O)C(=O)[C@H](Cc1c[nH]c2ccccc12)NC(=O)OC(C)(C)C. The molecule has 0 aliphatic rings. The van der Waals surface area contributed by atoms with E-state index in [1.165, 1.54) is 7.05 Å². The molecular formula is C44H55N7O9. The molecule has 16 nitrogen and oxygen atoms in total. The van der Waals surface area contributed by atoms with Gasteiger partial charge in [-0.25, -0.2) is 9.59 Å². The molecule has 0 unspecified atom stereocenters. The number of rotatable bonds is 20.